The molecule has 0 bridgehead atoms. The number of hydrogen-bond donors (Lipinski definition) is 3. The molecular weight excluding hydrogens is 305 g/mol. The zero-order chi connectivity index (χ0) is 16.8. The summed E-state index contributed by atoms with van der Waals surface area (Å²) in [5.74, 6) is -0.351. The minimum Gasteiger partial charge on any atom is -0.361 e. The molecule has 0 spiro atoms. The number of amides is 1. The minimum atomic E-state index is -0.259. The molecule has 24 heavy (non-hydrogen) atoms. The fraction of sp³-hybridized carbons (Fsp3) is 0.211. The van der Waals surface area contributed by atoms with Crippen molar-refractivity contribution in [3.63, 3.8) is 0 Å². The molecule has 0 aliphatic rings. The van der Waals surface area contributed by atoms with Crippen LogP contribution in [0.15, 0.2) is 54.7 Å². The van der Waals surface area contributed by atoms with Gasteiger partial charge in [-0.25, -0.2) is 4.39 Å². The van der Waals surface area contributed by atoms with Crippen molar-refractivity contribution in [2.75, 3.05) is 13.1 Å². The summed E-state index contributed by atoms with van der Waals surface area (Å²) in [6.07, 6.45) is 2.75. The molecule has 4 nitrogen and oxygen atoms in total. The van der Waals surface area contributed by atoms with Gasteiger partial charge < -0.3 is 15.6 Å². The average Bonchev–Trinajstić information content (AvgIpc) is 3.00. The van der Waals surface area contributed by atoms with E-state index in [2.05, 4.69) is 21.7 Å². The summed E-state index contributed by atoms with van der Waals surface area (Å²) in [5, 5.41) is 7.02. The van der Waals surface area contributed by atoms with Crippen LogP contribution in [0.5, 0.6) is 0 Å². The lowest BCUT2D eigenvalue weighted by atomic mass is 10.1. The Morgan fingerprint density at radius 2 is 1.83 bits per heavy atom. The summed E-state index contributed by atoms with van der Waals surface area (Å²) in [6.45, 7) is 1.08. The number of halogens is 1. The first kappa shape index (κ1) is 16.2. The predicted octanol–water partition coefficient (Wildman–Crippen LogP) is 2.76. The van der Waals surface area contributed by atoms with Gasteiger partial charge in [0.05, 0.1) is 6.54 Å². The summed E-state index contributed by atoms with van der Waals surface area (Å²) in [5.41, 5.74) is 2.85. The molecule has 3 rings (SSSR count). The highest BCUT2D eigenvalue weighted by Gasteiger charge is 2.05. The van der Waals surface area contributed by atoms with Crippen molar-refractivity contribution < 1.29 is 9.18 Å². The molecule has 0 aliphatic carbocycles. The standard InChI is InChI=1S/C19H20FN3O/c20-17-7-3-1-5-15(17)11-21-13-19(24)22-10-9-14-12-23-18-8-4-2-6-16(14)18/h1-8,12,21,23H,9-11,13H2,(H,22,24). The van der Waals surface area contributed by atoms with Gasteiger partial charge in [-0.2, -0.15) is 0 Å². The normalized spacial score (nSPS) is 10.9. The quantitative estimate of drug-likeness (QED) is 0.626. The van der Waals surface area contributed by atoms with Crippen LogP contribution in [0.2, 0.25) is 0 Å². The number of carbonyl (C=O) groups excluding carboxylic acids is 1. The van der Waals surface area contributed by atoms with Gasteiger partial charge in [-0.15, -0.1) is 0 Å². The summed E-state index contributed by atoms with van der Waals surface area (Å²) in [6, 6.07) is 14.6. The van der Waals surface area contributed by atoms with Crippen molar-refractivity contribution >= 4 is 16.8 Å². The summed E-state index contributed by atoms with van der Waals surface area (Å²) in [4.78, 5) is 15.1. The molecule has 5 heteroatoms. The van der Waals surface area contributed by atoms with Crippen molar-refractivity contribution in [3.05, 3.63) is 71.7 Å². The van der Waals surface area contributed by atoms with Crippen LogP contribution in [0.1, 0.15) is 11.1 Å². The summed E-state index contributed by atoms with van der Waals surface area (Å²) < 4.78 is 13.5. The minimum absolute atomic E-state index is 0.0915. The first-order valence-electron chi connectivity index (χ1n) is 8.00. The van der Waals surface area contributed by atoms with Crippen LogP contribution in [0, 0.1) is 5.82 Å². The van der Waals surface area contributed by atoms with E-state index in [0.717, 1.165) is 11.9 Å². The third-order valence-corrected chi connectivity index (χ3v) is 3.95. The van der Waals surface area contributed by atoms with E-state index >= 15 is 0 Å². The van der Waals surface area contributed by atoms with Gasteiger partial charge in [0.2, 0.25) is 5.91 Å². The SMILES string of the molecule is O=C(CNCc1ccccc1F)NCCc1c[nH]c2ccccc12. The third-order valence-electron chi connectivity index (χ3n) is 3.95. The van der Waals surface area contributed by atoms with E-state index < -0.39 is 0 Å². The van der Waals surface area contributed by atoms with Crippen LogP contribution in [0.4, 0.5) is 4.39 Å². The maximum Gasteiger partial charge on any atom is 0.233 e. The Kier molecular flexibility index (Phi) is 5.23. The van der Waals surface area contributed by atoms with Crippen LogP contribution in [-0.2, 0) is 17.8 Å². The fourth-order valence-electron chi connectivity index (χ4n) is 2.69. The van der Waals surface area contributed by atoms with Crippen LogP contribution in [-0.4, -0.2) is 24.0 Å². The number of H-pyrrole nitrogens is 1. The molecule has 1 aromatic heterocycles. The molecule has 1 heterocycles. The average molecular weight is 325 g/mol. The topological polar surface area (TPSA) is 56.9 Å². The van der Waals surface area contributed by atoms with Crippen molar-refractivity contribution in [1.82, 2.24) is 15.6 Å². The van der Waals surface area contributed by atoms with E-state index in [1.807, 2.05) is 24.4 Å². The molecule has 2 aromatic carbocycles. The van der Waals surface area contributed by atoms with Gasteiger partial charge in [0.15, 0.2) is 0 Å². The van der Waals surface area contributed by atoms with E-state index in [0.29, 0.717) is 18.7 Å². The maximum absolute atomic E-state index is 13.5. The molecule has 0 unspecified atom stereocenters. The number of benzene rings is 2. The Balaban J connectivity index is 1.41. The molecule has 0 aliphatic heterocycles. The van der Waals surface area contributed by atoms with Gasteiger partial charge in [-0.3, -0.25) is 4.79 Å². The molecular formula is C19H20FN3O. The lowest BCUT2D eigenvalue weighted by Gasteiger charge is -2.07. The molecule has 0 atom stereocenters. The fourth-order valence-corrected chi connectivity index (χ4v) is 2.69. The third kappa shape index (κ3) is 4.00. The molecule has 3 aromatic rings. The molecule has 1 amide bonds. The smallest absolute Gasteiger partial charge is 0.233 e. The second kappa shape index (κ2) is 7.75. The Labute approximate surface area is 140 Å². The zero-order valence-electron chi connectivity index (χ0n) is 13.3. The van der Waals surface area contributed by atoms with Crippen LogP contribution in [0.25, 0.3) is 10.9 Å². The number of aromatic amines is 1. The molecule has 3 N–H and O–H groups in total. The predicted molar refractivity (Wildman–Crippen MR) is 93.1 cm³/mol. The maximum atomic E-state index is 13.5. The van der Waals surface area contributed by atoms with E-state index in [4.69, 9.17) is 0 Å². The van der Waals surface area contributed by atoms with Crippen LogP contribution in [0.3, 0.4) is 0 Å². The van der Waals surface area contributed by atoms with Gasteiger partial charge in [0.25, 0.3) is 0 Å². The largest absolute Gasteiger partial charge is 0.361 e. The number of carbonyl (C=O) groups is 1. The van der Waals surface area contributed by atoms with E-state index in [9.17, 15) is 9.18 Å². The molecule has 0 radical (unpaired) electrons. The van der Waals surface area contributed by atoms with Gasteiger partial charge in [-0.1, -0.05) is 36.4 Å². The summed E-state index contributed by atoms with van der Waals surface area (Å²) in [7, 11) is 0. The molecule has 124 valence electrons. The van der Waals surface area contributed by atoms with Crippen molar-refractivity contribution in [1.29, 1.82) is 0 Å². The van der Waals surface area contributed by atoms with Gasteiger partial charge in [-0.05, 0) is 24.1 Å². The van der Waals surface area contributed by atoms with E-state index in [1.165, 1.54) is 17.0 Å². The second-order valence-electron chi connectivity index (χ2n) is 5.65. The highest BCUT2D eigenvalue weighted by atomic mass is 19.1. The lowest BCUT2D eigenvalue weighted by Crippen LogP contribution is -2.34. The zero-order valence-corrected chi connectivity index (χ0v) is 13.3. The first-order chi connectivity index (χ1) is 11.7. The molecule has 0 saturated heterocycles. The van der Waals surface area contributed by atoms with Crippen LogP contribution >= 0.6 is 0 Å². The van der Waals surface area contributed by atoms with Gasteiger partial charge >= 0.3 is 0 Å². The number of rotatable bonds is 7. The Bertz CT molecular complexity index is 828. The van der Waals surface area contributed by atoms with E-state index in [1.54, 1.807) is 18.2 Å². The highest BCUT2D eigenvalue weighted by molar-refractivity contribution is 5.83. The van der Waals surface area contributed by atoms with E-state index in [-0.39, 0.29) is 18.3 Å². The Morgan fingerprint density at radius 1 is 1.04 bits per heavy atom. The lowest BCUT2D eigenvalue weighted by molar-refractivity contribution is -0.120. The highest BCUT2D eigenvalue weighted by Crippen LogP contribution is 2.17. The Morgan fingerprint density at radius 3 is 2.71 bits per heavy atom. The molecule has 0 saturated carbocycles. The Hall–Kier alpha value is -2.66. The molecule has 0 fully saturated rings. The second-order valence-corrected chi connectivity index (χ2v) is 5.65. The number of aromatic nitrogens is 1. The number of hydrogen-bond acceptors (Lipinski definition) is 2. The number of fused-ring (bicyclic) bond motifs is 1. The monoisotopic (exact) mass is 325 g/mol. The van der Waals surface area contributed by atoms with Crippen molar-refractivity contribution in [2.45, 2.75) is 13.0 Å². The van der Waals surface area contributed by atoms with Gasteiger partial charge in [0, 0.05) is 35.8 Å². The van der Waals surface area contributed by atoms with Crippen molar-refractivity contribution in [2.24, 2.45) is 0 Å². The number of nitrogens with one attached hydrogen (secondary N) is 3. The number of para-hydroxylation sites is 1. The first-order valence-corrected chi connectivity index (χ1v) is 8.00. The summed E-state index contributed by atoms with van der Waals surface area (Å²) >= 11 is 0. The van der Waals surface area contributed by atoms with Crippen LogP contribution < -0.4 is 10.6 Å². The van der Waals surface area contributed by atoms with Crippen molar-refractivity contribution in [3.8, 4) is 0 Å². The van der Waals surface area contributed by atoms with Gasteiger partial charge in [0.1, 0.15) is 5.82 Å².